The van der Waals surface area contributed by atoms with E-state index in [9.17, 15) is 14.4 Å². The maximum Gasteiger partial charge on any atom is 0.329 e. The van der Waals surface area contributed by atoms with Crippen LogP contribution in [0.2, 0.25) is 0 Å². The maximum absolute atomic E-state index is 12.8. The molecule has 3 aromatic rings. The molecule has 1 saturated heterocycles. The number of carbonyl (C=O) groups excluding carboxylic acids is 3. The van der Waals surface area contributed by atoms with Crippen LogP contribution in [0.15, 0.2) is 54.6 Å². The highest BCUT2D eigenvalue weighted by atomic mass is 16.2. The lowest BCUT2D eigenvalue weighted by Gasteiger charge is -2.23. The smallest absolute Gasteiger partial charge is 0.329 e. The van der Waals surface area contributed by atoms with Gasteiger partial charge in [-0.3, -0.25) is 9.59 Å². The van der Waals surface area contributed by atoms with Crippen molar-refractivity contribution in [3.05, 3.63) is 60.4 Å². The monoisotopic (exact) mass is 419 g/mol. The number of urea groups is 1. The number of rotatable bonds is 7. The van der Waals surface area contributed by atoms with Gasteiger partial charge in [-0.15, -0.1) is 0 Å². The SMILES string of the molecule is CCC(C)C(NC(=O)CC1NC(=O)N(c2ccccc2)C1=O)c1nc2ccccc2[nH]1. The molecule has 0 spiro atoms. The normalized spacial score (nSPS) is 18.1. The van der Waals surface area contributed by atoms with Crippen LogP contribution in [0.1, 0.15) is 38.6 Å². The number of hydrogen-bond acceptors (Lipinski definition) is 4. The van der Waals surface area contributed by atoms with Gasteiger partial charge >= 0.3 is 6.03 Å². The first-order valence-electron chi connectivity index (χ1n) is 10.4. The predicted molar refractivity (Wildman–Crippen MR) is 117 cm³/mol. The first-order chi connectivity index (χ1) is 15.0. The van der Waals surface area contributed by atoms with E-state index in [0.29, 0.717) is 11.5 Å². The van der Waals surface area contributed by atoms with Crippen LogP contribution in [0.4, 0.5) is 10.5 Å². The van der Waals surface area contributed by atoms with Gasteiger partial charge < -0.3 is 15.6 Å². The number of H-pyrrole nitrogens is 1. The molecule has 4 rings (SSSR count). The summed E-state index contributed by atoms with van der Waals surface area (Å²) < 4.78 is 0. The van der Waals surface area contributed by atoms with E-state index in [-0.39, 0.29) is 24.3 Å². The van der Waals surface area contributed by atoms with Crippen molar-refractivity contribution in [1.82, 2.24) is 20.6 Å². The van der Waals surface area contributed by atoms with Crippen molar-refractivity contribution in [1.29, 1.82) is 0 Å². The van der Waals surface area contributed by atoms with Crippen LogP contribution in [0.3, 0.4) is 0 Å². The molecule has 8 nitrogen and oxygen atoms in total. The number of aromatic nitrogens is 2. The van der Waals surface area contributed by atoms with Crippen molar-refractivity contribution in [2.45, 2.75) is 38.8 Å². The van der Waals surface area contributed by atoms with Gasteiger partial charge in [0.1, 0.15) is 11.9 Å². The molecule has 0 radical (unpaired) electrons. The van der Waals surface area contributed by atoms with Crippen LogP contribution in [-0.2, 0) is 9.59 Å². The first-order valence-corrected chi connectivity index (χ1v) is 10.4. The van der Waals surface area contributed by atoms with Crippen LogP contribution in [0, 0.1) is 5.92 Å². The minimum Gasteiger partial charge on any atom is -0.346 e. The number of carbonyl (C=O) groups is 3. The zero-order valence-electron chi connectivity index (χ0n) is 17.5. The maximum atomic E-state index is 12.8. The third kappa shape index (κ3) is 4.14. The summed E-state index contributed by atoms with van der Waals surface area (Å²) >= 11 is 0. The van der Waals surface area contributed by atoms with Crippen LogP contribution < -0.4 is 15.5 Å². The third-order valence-corrected chi connectivity index (χ3v) is 5.65. The number of amides is 4. The fourth-order valence-corrected chi connectivity index (χ4v) is 3.74. The van der Waals surface area contributed by atoms with Crippen molar-refractivity contribution < 1.29 is 14.4 Å². The van der Waals surface area contributed by atoms with Gasteiger partial charge in [0, 0.05) is 0 Å². The molecule has 8 heteroatoms. The van der Waals surface area contributed by atoms with Gasteiger partial charge in [0.15, 0.2) is 0 Å². The molecular weight excluding hydrogens is 394 g/mol. The van der Waals surface area contributed by atoms with Crippen molar-refractivity contribution >= 4 is 34.6 Å². The Balaban J connectivity index is 1.48. The molecule has 0 aliphatic carbocycles. The quantitative estimate of drug-likeness (QED) is 0.511. The van der Waals surface area contributed by atoms with Gasteiger partial charge in [-0.1, -0.05) is 50.6 Å². The summed E-state index contributed by atoms with van der Waals surface area (Å²) in [7, 11) is 0. The Morgan fingerprint density at radius 1 is 1.13 bits per heavy atom. The molecule has 4 amide bonds. The summed E-state index contributed by atoms with van der Waals surface area (Å²) in [5, 5.41) is 5.62. The van der Waals surface area contributed by atoms with Crippen molar-refractivity contribution in [2.75, 3.05) is 4.90 Å². The predicted octanol–water partition coefficient (Wildman–Crippen LogP) is 3.28. The van der Waals surface area contributed by atoms with Gasteiger partial charge in [0.25, 0.3) is 5.91 Å². The summed E-state index contributed by atoms with van der Waals surface area (Å²) in [5.41, 5.74) is 2.21. The van der Waals surface area contributed by atoms with Crippen LogP contribution in [0.25, 0.3) is 11.0 Å². The molecule has 1 aromatic heterocycles. The van der Waals surface area contributed by atoms with Crippen molar-refractivity contribution in [2.24, 2.45) is 5.92 Å². The molecular formula is C23H25N5O3. The lowest BCUT2D eigenvalue weighted by Crippen LogP contribution is -2.39. The second kappa shape index (κ2) is 8.59. The average molecular weight is 419 g/mol. The van der Waals surface area contributed by atoms with E-state index in [4.69, 9.17) is 0 Å². The fourth-order valence-electron chi connectivity index (χ4n) is 3.74. The number of nitrogens with one attached hydrogen (secondary N) is 3. The number of para-hydroxylation sites is 3. The molecule has 0 bridgehead atoms. The summed E-state index contributed by atoms with van der Waals surface area (Å²) in [4.78, 5) is 46.9. The van der Waals surface area contributed by atoms with Gasteiger partial charge in [-0.2, -0.15) is 0 Å². The van der Waals surface area contributed by atoms with E-state index in [2.05, 4.69) is 20.6 Å². The average Bonchev–Trinajstić information content (AvgIpc) is 3.32. The fraction of sp³-hybridized carbons (Fsp3) is 0.304. The minimum atomic E-state index is -0.902. The highest BCUT2D eigenvalue weighted by Gasteiger charge is 2.40. The zero-order chi connectivity index (χ0) is 22.0. The van der Waals surface area contributed by atoms with E-state index in [0.717, 1.165) is 22.4 Å². The molecule has 3 N–H and O–H groups in total. The molecule has 3 unspecified atom stereocenters. The first kappa shape index (κ1) is 20.6. The number of imide groups is 1. The van der Waals surface area contributed by atoms with E-state index in [1.165, 1.54) is 0 Å². The van der Waals surface area contributed by atoms with Gasteiger partial charge in [-0.25, -0.2) is 14.7 Å². The molecule has 160 valence electrons. The van der Waals surface area contributed by atoms with E-state index >= 15 is 0 Å². The molecule has 31 heavy (non-hydrogen) atoms. The Bertz CT molecular complexity index is 1080. The second-order valence-corrected chi connectivity index (χ2v) is 7.79. The highest BCUT2D eigenvalue weighted by Crippen LogP contribution is 2.25. The van der Waals surface area contributed by atoms with Crippen LogP contribution in [-0.4, -0.2) is 33.9 Å². The van der Waals surface area contributed by atoms with E-state index in [1.807, 2.05) is 38.1 Å². The zero-order valence-corrected chi connectivity index (χ0v) is 17.5. The van der Waals surface area contributed by atoms with Crippen LogP contribution >= 0.6 is 0 Å². The van der Waals surface area contributed by atoms with Crippen LogP contribution in [0.5, 0.6) is 0 Å². The Morgan fingerprint density at radius 2 is 1.84 bits per heavy atom. The van der Waals surface area contributed by atoms with Gasteiger partial charge in [0.2, 0.25) is 5.91 Å². The Kier molecular flexibility index (Phi) is 5.70. The second-order valence-electron chi connectivity index (χ2n) is 7.79. The molecule has 0 saturated carbocycles. The number of aromatic amines is 1. The number of imidazole rings is 1. The Morgan fingerprint density at radius 3 is 2.55 bits per heavy atom. The molecule has 3 atom stereocenters. The van der Waals surface area contributed by atoms with Gasteiger partial charge in [-0.05, 0) is 30.2 Å². The minimum absolute atomic E-state index is 0.124. The van der Waals surface area contributed by atoms with E-state index < -0.39 is 18.0 Å². The standard InChI is InChI=1S/C23H25N5O3/c1-3-14(2)20(21-24-16-11-7-8-12-17(16)25-21)27-19(29)13-18-22(30)28(23(31)26-18)15-9-5-4-6-10-15/h4-12,14,18,20H,3,13H2,1-2H3,(H,24,25)(H,26,31)(H,27,29). The third-order valence-electron chi connectivity index (χ3n) is 5.65. The summed E-state index contributed by atoms with van der Waals surface area (Å²) in [5.74, 6) is 0.0466. The lowest BCUT2D eigenvalue weighted by atomic mass is 9.98. The topological polar surface area (TPSA) is 107 Å². The number of nitrogens with zero attached hydrogens (tertiary/aromatic N) is 2. The number of anilines is 1. The summed E-state index contributed by atoms with van der Waals surface area (Å²) in [6, 6.07) is 14.6. The molecule has 1 aliphatic rings. The molecule has 2 heterocycles. The van der Waals surface area contributed by atoms with Crippen molar-refractivity contribution in [3.8, 4) is 0 Å². The lowest BCUT2D eigenvalue weighted by molar-refractivity contribution is -0.126. The molecule has 1 fully saturated rings. The van der Waals surface area contributed by atoms with E-state index in [1.54, 1.807) is 30.3 Å². The summed E-state index contributed by atoms with van der Waals surface area (Å²) in [6.45, 7) is 4.09. The number of benzene rings is 2. The van der Waals surface area contributed by atoms with Crippen molar-refractivity contribution in [3.63, 3.8) is 0 Å². The number of hydrogen-bond donors (Lipinski definition) is 3. The Hall–Kier alpha value is -3.68. The summed E-state index contributed by atoms with van der Waals surface area (Å²) in [6.07, 6.45) is 0.698. The Labute approximate surface area is 180 Å². The largest absolute Gasteiger partial charge is 0.346 e. The number of fused-ring (bicyclic) bond motifs is 1. The molecule has 2 aromatic carbocycles. The van der Waals surface area contributed by atoms with Gasteiger partial charge in [0.05, 0.1) is 29.2 Å². The molecule has 1 aliphatic heterocycles. The highest BCUT2D eigenvalue weighted by molar-refractivity contribution is 6.22.